The molecule has 4 rings (SSSR count). The Morgan fingerprint density at radius 3 is 2.23 bits per heavy atom. The van der Waals surface area contributed by atoms with Crippen molar-refractivity contribution in [3.63, 3.8) is 0 Å². The van der Waals surface area contributed by atoms with Gasteiger partial charge in [0.25, 0.3) is 0 Å². The Hall–Kier alpha value is -2.98. The molecule has 0 aromatic carbocycles. The zero-order valence-corrected chi connectivity index (χ0v) is 18.9. The Balaban J connectivity index is 0.000000340. The Labute approximate surface area is 183 Å². The number of thiazole rings is 1. The van der Waals surface area contributed by atoms with E-state index in [-0.39, 0.29) is 0 Å². The summed E-state index contributed by atoms with van der Waals surface area (Å²) in [7, 11) is 0. The van der Waals surface area contributed by atoms with Gasteiger partial charge in [-0.3, -0.25) is 4.98 Å². The average Bonchev–Trinajstić information content (AvgIpc) is 3.54. The average molecular weight is 424 g/mol. The summed E-state index contributed by atoms with van der Waals surface area (Å²) in [6, 6.07) is 5.72. The zero-order valence-electron chi connectivity index (χ0n) is 18.1. The number of nitrogens with zero attached hydrogens (tertiary/aromatic N) is 4. The second-order valence-corrected chi connectivity index (χ2v) is 8.21. The fraction of sp³-hybridized carbons (Fsp3) is 0.391. The lowest BCUT2D eigenvalue weighted by atomic mass is 10.3. The van der Waals surface area contributed by atoms with Gasteiger partial charge >= 0.3 is 0 Å². The minimum absolute atomic E-state index is 0.708. The first-order valence-electron chi connectivity index (χ1n) is 9.86. The van der Waals surface area contributed by atoms with Gasteiger partial charge < -0.3 is 10.1 Å². The lowest BCUT2D eigenvalue weighted by Gasteiger charge is -2.13. The number of anilines is 1. The smallest absolute Gasteiger partial charge is 0.221 e. The van der Waals surface area contributed by atoms with Gasteiger partial charge in [0.1, 0.15) is 11.6 Å². The van der Waals surface area contributed by atoms with E-state index in [1.165, 1.54) is 17.7 Å². The molecule has 0 spiro atoms. The Bertz CT molecular complexity index is 909. The molecule has 0 radical (unpaired) electrons. The largest absolute Gasteiger partial charge is 0.477 e. The van der Waals surface area contributed by atoms with E-state index in [1.807, 2.05) is 45.9 Å². The van der Waals surface area contributed by atoms with E-state index in [1.54, 1.807) is 23.7 Å². The number of rotatable bonds is 6. The molecule has 7 heteroatoms. The molecular formula is C23H29N5OS. The van der Waals surface area contributed by atoms with E-state index in [0.29, 0.717) is 11.8 Å². The highest BCUT2D eigenvalue weighted by Crippen LogP contribution is 2.31. The predicted molar refractivity (Wildman–Crippen MR) is 123 cm³/mol. The van der Waals surface area contributed by atoms with Crippen LogP contribution < -0.4 is 10.1 Å². The molecule has 1 fully saturated rings. The summed E-state index contributed by atoms with van der Waals surface area (Å²) in [5, 5.41) is 4.50. The molecule has 3 aromatic heterocycles. The molecule has 1 aliphatic carbocycles. The molecule has 0 atom stereocenters. The van der Waals surface area contributed by atoms with E-state index in [4.69, 9.17) is 4.74 Å². The number of pyridine rings is 1. The molecular weight excluding hydrogens is 394 g/mol. The van der Waals surface area contributed by atoms with Gasteiger partial charge in [-0.25, -0.2) is 9.97 Å². The molecule has 0 saturated heterocycles. The lowest BCUT2D eigenvalue weighted by molar-refractivity contribution is 0.285. The SMILES string of the molecule is C#C.Cc1nc(NCc2sc(C)nc2C)c(C)c(OCC2CC2)n1.c1ccncc1. The maximum atomic E-state index is 5.86. The molecule has 6 nitrogen and oxygen atoms in total. The number of terminal acetylenes is 1. The predicted octanol–water partition coefficient (Wildman–Crippen LogP) is 4.90. The summed E-state index contributed by atoms with van der Waals surface area (Å²) in [4.78, 5) is 18.4. The van der Waals surface area contributed by atoms with Gasteiger partial charge in [-0.1, -0.05) is 6.07 Å². The molecule has 3 heterocycles. The summed E-state index contributed by atoms with van der Waals surface area (Å²) in [5.41, 5.74) is 2.06. The second kappa shape index (κ2) is 11.9. The first-order valence-corrected chi connectivity index (χ1v) is 10.7. The topological polar surface area (TPSA) is 72.8 Å². The minimum Gasteiger partial charge on any atom is -0.477 e. The number of nitrogens with one attached hydrogen (secondary N) is 1. The summed E-state index contributed by atoms with van der Waals surface area (Å²) < 4.78 is 5.86. The summed E-state index contributed by atoms with van der Waals surface area (Å²) in [6.45, 7) is 9.49. The van der Waals surface area contributed by atoms with Crippen molar-refractivity contribution in [3.8, 4) is 18.7 Å². The van der Waals surface area contributed by atoms with Crippen molar-refractivity contribution in [1.82, 2.24) is 19.9 Å². The normalized spacial score (nSPS) is 12.1. The fourth-order valence-electron chi connectivity index (χ4n) is 2.61. The molecule has 0 bridgehead atoms. The Morgan fingerprint density at radius 2 is 1.73 bits per heavy atom. The highest BCUT2D eigenvalue weighted by atomic mass is 32.1. The fourth-order valence-corrected chi connectivity index (χ4v) is 3.49. The monoisotopic (exact) mass is 423 g/mol. The molecule has 0 amide bonds. The van der Waals surface area contributed by atoms with Crippen LogP contribution in [0.25, 0.3) is 0 Å². The number of hydrogen-bond donors (Lipinski definition) is 1. The van der Waals surface area contributed by atoms with Gasteiger partial charge in [0.15, 0.2) is 0 Å². The molecule has 0 unspecified atom stereocenters. The van der Waals surface area contributed by atoms with Gasteiger partial charge in [0.2, 0.25) is 5.88 Å². The zero-order chi connectivity index (χ0) is 21.9. The van der Waals surface area contributed by atoms with E-state index >= 15 is 0 Å². The molecule has 30 heavy (non-hydrogen) atoms. The van der Waals surface area contributed by atoms with Crippen LogP contribution in [0.4, 0.5) is 5.82 Å². The number of ether oxygens (including phenoxy) is 1. The van der Waals surface area contributed by atoms with Gasteiger partial charge in [-0.05, 0) is 58.6 Å². The van der Waals surface area contributed by atoms with Crippen LogP contribution in [-0.2, 0) is 6.54 Å². The standard InChI is InChI=1S/C16H22N4OS.C5H5N.C2H2/c1-9-15(17-7-14-10(2)18-12(4)22-14)19-11(3)20-16(9)21-8-13-5-6-13;1-2-4-6-5-3-1;1-2/h13H,5-8H2,1-4H3,(H,17,19,20);1-5H;1-2H. The molecule has 158 valence electrons. The first kappa shape index (κ1) is 23.3. The van der Waals surface area contributed by atoms with E-state index in [9.17, 15) is 0 Å². The molecule has 0 aliphatic heterocycles. The van der Waals surface area contributed by atoms with Crippen molar-refractivity contribution in [2.45, 2.75) is 47.1 Å². The van der Waals surface area contributed by atoms with Crippen LogP contribution in [0.2, 0.25) is 0 Å². The van der Waals surface area contributed by atoms with Crippen LogP contribution >= 0.6 is 11.3 Å². The van der Waals surface area contributed by atoms with E-state index < -0.39 is 0 Å². The van der Waals surface area contributed by atoms with Crippen LogP contribution in [0, 0.1) is 46.5 Å². The number of aromatic nitrogens is 4. The third kappa shape index (κ3) is 7.45. The van der Waals surface area contributed by atoms with Crippen LogP contribution in [0.5, 0.6) is 5.88 Å². The third-order valence-corrected chi connectivity index (χ3v) is 5.42. The van der Waals surface area contributed by atoms with Gasteiger partial charge in [-0.2, -0.15) is 4.98 Å². The maximum absolute atomic E-state index is 5.86. The molecule has 1 aliphatic rings. The Kier molecular flexibility index (Phi) is 9.23. The molecule has 1 saturated carbocycles. The van der Waals surface area contributed by atoms with Gasteiger partial charge in [0.05, 0.1) is 29.4 Å². The highest BCUT2D eigenvalue weighted by Gasteiger charge is 2.23. The highest BCUT2D eigenvalue weighted by molar-refractivity contribution is 7.11. The minimum atomic E-state index is 0.708. The van der Waals surface area contributed by atoms with Crippen LogP contribution in [-0.4, -0.2) is 26.5 Å². The van der Waals surface area contributed by atoms with Crippen LogP contribution in [0.3, 0.4) is 0 Å². The number of aryl methyl sites for hydroxylation is 3. The summed E-state index contributed by atoms with van der Waals surface area (Å²) >= 11 is 1.72. The quantitative estimate of drug-likeness (QED) is 0.569. The summed E-state index contributed by atoms with van der Waals surface area (Å²) in [5.74, 6) is 3.01. The molecule has 3 aromatic rings. The van der Waals surface area contributed by atoms with E-state index in [0.717, 1.165) is 41.1 Å². The first-order chi connectivity index (χ1) is 14.5. The van der Waals surface area contributed by atoms with Crippen molar-refractivity contribution in [2.24, 2.45) is 5.92 Å². The van der Waals surface area contributed by atoms with Crippen LogP contribution in [0.1, 0.15) is 39.8 Å². The number of hydrogen-bond acceptors (Lipinski definition) is 7. The van der Waals surface area contributed by atoms with Crippen molar-refractivity contribution in [1.29, 1.82) is 0 Å². The van der Waals surface area contributed by atoms with E-state index in [2.05, 4.69) is 38.1 Å². The van der Waals surface area contributed by atoms with Crippen molar-refractivity contribution >= 4 is 17.2 Å². The Morgan fingerprint density at radius 1 is 1.03 bits per heavy atom. The molecule has 1 N–H and O–H groups in total. The maximum Gasteiger partial charge on any atom is 0.221 e. The van der Waals surface area contributed by atoms with Gasteiger partial charge in [0, 0.05) is 17.3 Å². The van der Waals surface area contributed by atoms with Crippen molar-refractivity contribution in [2.75, 3.05) is 11.9 Å². The van der Waals surface area contributed by atoms with Crippen LogP contribution in [0.15, 0.2) is 30.6 Å². The van der Waals surface area contributed by atoms with Crippen molar-refractivity contribution in [3.05, 3.63) is 57.6 Å². The second-order valence-electron chi connectivity index (χ2n) is 6.92. The summed E-state index contributed by atoms with van der Waals surface area (Å²) in [6.07, 6.45) is 14.1. The van der Waals surface area contributed by atoms with Crippen molar-refractivity contribution < 1.29 is 4.74 Å². The lowest BCUT2D eigenvalue weighted by Crippen LogP contribution is -2.09. The van der Waals surface area contributed by atoms with Gasteiger partial charge in [-0.15, -0.1) is 24.2 Å². The third-order valence-electron chi connectivity index (χ3n) is 4.35.